The van der Waals surface area contributed by atoms with Gasteiger partial charge in [-0.25, -0.2) is 9.18 Å². The average Bonchev–Trinajstić information content (AvgIpc) is 2.61. The van der Waals surface area contributed by atoms with E-state index in [1.165, 1.54) is 12.1 Å². The molecule has 0 aliphatic rings. The summed E-state index contributed by atoms with van der Waals surface area (Å²) in [5.41, 5.74) is 1.54. The number of methoxy groups -OCH3 is 1. The molecule has 0 N–H and O–H groups in total. The lowest BCUT2D eigenvalue weighted by Gasteiger charge is -2.07. The topological polar surface area (TPSA) is 69.7 Å². The lowest BCUT2D eigenvalue weighted by atomic mass is 10.1. The van der Waals surface area contributed by atoms with Gasteiger partial charge in [-0.1, -0.05) is 24.3 Å². The van der Waals surface area contributed by atoms with Gasteiger partial charge in [-0.15, -0.1) is 0 Å². The Morgan fingerprint density at radius 2 is 1.52 bits per heavy atom. The first kappa shape index (κ1) is 18.3. The van der Waals surface area contributed by atoms with Crippen LogP contribution >= 0.6 is 0 Å². The molecule has 2 aromatic carbocycles. The van der Waals surface area contributed by atoms with Gasteiger partial charge in [-0.2, -0.15) is 0 Å². The van der Waals surface area contributed by atoms with Crippen molar-refractivity contribution in [3.63, 3.8) is 0 Å². The molecule has 0 spiro atoms. The zero-order chi connectivity index (χ0) is 18.2. The van der Waals surface area contributed by atoms with Gasteiger partial charge in [0, 0.05) is 6.42 Å². The minimum atomic E-state index is -1.02. The van der Waals surface area contributed by atoms with Crippen molar-refractivity contribution in [2.24, 2.45) is 0 Å². The summed E-state index contributed by atoms with van der Waals surface area (Å²) < 4.78 is 22.7. The summed E-state index contributed by atoms with van der Waals surface area (Å²) in [6.45, 7) is 0.298. The number of hydrogen-bond acceptors (Lipinski definition) is 5. The number of carbonyl (C=O) groups is 3. The molecule has 6 heteroatoms. The average molecular weight is 344 g/mol. The standard InChI is InChI=1S/C19H17FO5/c1-24-19(23)18(22)11-16(21)10-13-4-8-17(9-5-13)25-12-14-2-6-15(20)7-3-14/h2-9H,10-12H2,1H3. The Hall–Kier alpha value is -3.02. The van der Waals surface area contributed by atoms with Crippen LogP contribution in [0, 0.1) is 5.82 Å². The van der Waals surface area contributed by atoms with E-state index in [2.05, 4.69) is 4.74 Å². The Balaban J connectivity index is 1.84. The van der Waals surface area contributed by atoms with E-state index in [1.54, 1.807) is 36.4 Å². The van der Waals surface area contributed by atoms with Gasteiger partial charge < -0.3 is 9.47 Å². The summed E-state index contributed by atoms with van der Waals surface area (Å²) in [6.07, 6.45) is -0.434. The Morgan fingerprint density at radius 1 is 0.920 bits per heavy atom. The summed E-state index contributed by atoms with van der Waals surface area (Å²) in [6, 6.07) is 12.8. The van der Waals surface area contributed by atoms with Gasteiger partial charge in [-0.3, -0.25) is 9.59 Å². The highest BCUT2D eigenvalue weighted by atomic mass is 19.1. The third-order valence-electron chi connectivity index (χ3n) is 3.41. The molecule has 2 aromatic rings. The number of Topliss-reactive ketones (excluding diaryl/α,β-unsaturated/α-hetero) is 2. The molecule has 2 rings (SSSR count). The van der Waals surface area contributed by atoms with Crippen LogP contribution in [0.15, 0.2) is 48.5 Å². The minimum absolute atomic E-state index is 0.0426. The van der Waals surface area contributed by atoms with Crippen molar-refractivity contribution in [1.29, 1.82) is 0 Å². The molecule has 0 fully saturated rings. The second kappa shape index (κ2) is 8.73. The van der Waals surface area contributed by atoms with Crippen LogP contribution < -0.4 is 4.74 Å². The van der Waals surface area contributed by atoms with E-state index >= 15 is 0 Å². The van der Waals surface area contributed by atoms with Crippen molar-refractivity contribution in [3.05, 3.63) is 65.5 Å². The van der Waals surface area contributed by atoms with Gasteiger partial charge in [0.2, 0.25) is 5.78 Å². The zero-order valence-corrected chi connectivity index (χ0v) is 13.7. The van der Waals surface area contributed by atoms with Crippen molar-refractivity contribution in [3.8, 4) is 5.75 Å². The molecule has 0 heterocycles. The van der Waals surface area contributed by atoms with Gasteiger partial charge in [0.05, 0.1) is 13.5 Å². The molecule has 0 atom stereocenters. The lowest BCUT2D eigenvalue weighted by Crippen LogP contribution is -2.20. The normalized spacial score (nSPS) is 10.2. The first-order valence-electron chi connectivity index (χ1n) is 7.57. The van der Waals surface area contributed by atoms with Crippen molar-refractivity contribution in [2.75, 3.05) is 7.11 Å². The van der Waals surface area contributed by atoms with Gasteiger partial charge in [0.15, 0.2) is 0 Å². The molecule has 0 saturated heterocycles. The van der Waals surface area contributed by atoms with Gasteiger partial charge in [-0.05, 0) is 35.4 Å². The third-order valence-corrected chi connectivity index (χ3v) is 3.41. The van der Waals surface area contributed by atoms with Gasteiger partial charge in [0.25, 0.3) is 0 Å². The quantitative estimate of drug-likeness (QED) is 0.418. The molecule has 0 aliphatic heterocycles. The summed E-state index contributed by atoms with van der Waals surface area (Å²) in [5.74, 6) is -1.94. The van der Waals surface area contributed by atoms with Crippen LogP contribution in [0.4, 0.5) is 4.39 Å². The van der Waals surface area contributed by atoms with Crippen molar-refractivity contribution in [2.45, 2.75) is 19.4 Å². The van der Waals surface area contributed by atoms with E-state index in [-0.39, 0.29) is 18.0 Å². The number of hydrogen-bond donors (Lipinski definition) is 0. The summed E-state index contributed by atoms with van der Waals surface area (Å²) in [7, 11) is 1.09. The van der Waals surface area contributed by atoms with Gasteiger partial charge >= 0.3 is 5.97 Å². The van der Waals surface area contributed by atoms with Crippen LogP contribution in [0.2, 0.25) is 0 Å². The molecule has 0 bridgehead atoms. The number of carbonyl (C=O) groups excluding carboxylic acids is 3. The van der Waals surface area contributed by atoms with Crippen LogP contribution in [0.5, 0.6) is 5.75 Å². The molecule has 25 heavy (non-hydrogen) atoms. The van der Waals surface area contributed by atoms with Crippen molar-refractivity contribution < 1.29 is 28.2 Å². The van der Waals surface area contributed by atoms with Crippen LogP contribution in [0.1, 0.15) is 17.5 Å². The fourth-order valence-corrected chi connectivity index (χ4v) is 2.11. The predicted molar refractivity (Wildman–Crippen MR) is 87.5 cm³/mol. The second-order valence-corrected chi connectivity index (χ2v) is 5.37. The Morgan fingerprint density at radius 3 is 2.12 bits per heavy atom. The molecular weight excluding hydrogens is 327 g/mol. The smallest absolute Gasteiger partial charge is 0.374 e. The molecule has 0 radical (unpaired) electrons. The van der Waals surface area contributed by atoms with Crippen molar-refractivity contribution >= 4 is 17.5 Å². The molecular formula is C19H17FO5. The maximum Gasteiger partial charge on any atom is 0.374 e. The highest BCUT2D eigenvalue weighted by Gasteiger charge is 2.18. The van der Waals surface area contributed by atoms with Crippen LogP contribution in [0.3, 0.4) is 0 Å². The zero-order valence-electron chi connectivity index (χ0n) is 13.7. The number of ketones is 2. The lowest BCUT2D eigenvalue weighted by molar-refractivity contribution is -0.152. The number of rotatable bonds is 8. The predicted octanol–water partition coefficient (Wildman–Crippen LogP) is 2.65. The third kappa shape index (κ3) is 5.84. The number of benzene rings is 2. The summed E-state index contributed by atoms with van der Waals surface area (Å²) in [4.78, 5) is 34.1. The van der Waals surface area contributed by atoms with E-state index in [0.29, 0.717) is 17.9 Å². The summed E-state index contributed by atoms with van der Waals surface area (Å²) in [5, 5.41) is 0. The number of esters is 1. The van der Waals surface area contributed by atoms with Crippen LogP contribution in [-0.4, -0.2) is 24.6 Å². The molecule has 0 saturated carbocycles. The van der Waals surface area contributed by atoms with Gasteiger partial charge in [0.1, 0.15) is 24.0 Å². The Labute approximate surface area is 144 Å². The second-order valence-electron chi connectivity index (χ2n) is 5.37. The fraction of sp³-hybridized carbons (Fsp3) is 0.211. The fourth-order valence-electron chi connectivity index (χ4n) is 2.11. The maximum absolute atomic E-state index is 12.8. The molecule has 0 aromatic heterocycles. The van der Waals surface area contributed by atoms with E-state index in [9.17, 15) is 18.8 Å². The van der Waals surface area contributed by atoms with E-state index in [4.69, 9.17) is 4.74 Å². The molecule has 5 nitrogen and oxygen atoms in total. The van der Waals surface area contributed by atoms with E-state index in [1.807, 2.05) is 0 Å². The number of halogens is 1. The highest BCUT2D eigenvalue weighted by molar-refractivity contribution is 6.37. The van der Waals surface area contributed by atoms with Crippen LogP contribution in [0.25, 0.3) is 0 Å². The molecule has 130 valence electrons. The Bertz CT molecular complexity index is 750. The minimum Gasteiger partial charge on any atom is -0.489 e. The molecule has 0 unspecified atom stereocenters. The SMILES string of the molecule is COC(=O)C(=O)CC(=O)Cc1ccc(OCc2ccc(F)cc2)cc1. The highest BCUT2D eigenvalue weighted by Crippen LogP contribution is 2.15. The van der Waals surface area contributed by atoms with E-state index < -0.39 is 18.2 Å². The Kier molecular flexibility index (Phi) is 6.39. The molecule has 0 amide bonds. The molecule has 0 aliphatic carbocycles. The first-order valence-corrected chi connectivity index (χ1v) is 7.57. The summed E-state index contributed by atoms with van der Waals surface area (Å²) >= 11 is 0. The first-order chi connectivity index (χ1) is 12.0. The van der Waals surface area contributed by atoms with Crippen LogP contribution in [-0.2, 0) is 32.1 Å². The number of ether oxygens (including phenoxy) is 2. The monoisotopic (exact) mass is 344 g/mol. The largest absolute Gasteiger partial charge is 0.489 e. The van der Waals surface area contributed by atoms with E-state index in [0.717, 1.165) is 12.7 Å². The maximum atomic E-state index is 12.8. The van der Waals surface area contributed by atoms with Crippen molar-refractivity contribution in [1.82, 2.24) is 0 Å².